The second kappa shape index (κ2) is 3.35. The molecule has 1 saturated carbocycles. The third-order valence-electron chi connectivity index (χ3n) is 2.09. The molecule has 1 aliphatic carbocycles. The number of Topliss-reactive ketones (excluding diaryl/α,β-unsaturated/α-hetero) is 2. The molecule has 2 nitrogen and oxygen atoms in total. The number of hydrogen-bond donors (Lipinski definition) is 0. The van der Waals surface area contributed by atoms with Crippen LogP contribution in [0, 0.1) is 5.92 Å². The summed E-state index contributed by atoms with van der Waals surface area (Å²) in [6.45, 7) is 1.46. The van der Waals surface area contributed by atoms with Gasteiger partial charge in [-0.1, -0.05) is 6.42 Å². The Morgan fingerprint density at radius 1 is 1.55 bits per heavy atom. The first-order chi connectivity index (χ1) is 5.13. The molecule has 1 rings (SSSR count). The van der Waals surface area contributed by atoms with Crippen LogP contribution in [0.3, 0.4) is 0 Å². The van der Waals surface area contributed by atoms with Crippen molar-refractivity contribution in [1.29, 1.82) is 0 Å². The molecule has 0 saturated heterocycles. The molecule has 11 heavy (non-hydrogen) atoms. The Bertz CT molecular complexity index is 189. The second-order valence-corrected chi connectivity index (χ2v) is 3.49. The van der Waals surface area contributed by atoms with Gasteiger partial charge in [-0.3, -0.25) is 9.59 Å². The fraction of sp³-hybridized carbons (Fsp3) is 0.750. The Morgan fingerprint density at radius 3 is 2.64 bits per heavy atom. The SMILES string of the molecule is CC(=O)C1CCCC(Cl)C1=O. The molecular formula is C8H11ClO2. The maximum Gasteiger partial charge on any atom is 0.161 e. The summed E-state index contributed by atoms with van der Waals surface area (Å²) >= 11 is 5.70. The molecule has 0 N–H and O–H groups in total. The predicted octanol–water partition coefficient (Wildman–Crippen LogP) is 1.55. The van der Waals surface area contributed by atoms with Crippen LogP contribution in [0.25, 0.3) is 0 Å². The maximum atomic E-state index is 11.2. The lowest BCUT2D eigenvalue weighted by Gasteiger charge is -2.21. The van der Waals surface area contributed by atoms with Crippen molar-refractivity contribution in [3.05, 3.63) is 0 Å². The molecule has 62 valence electrons. The van der Waals surface area contributed by atoms with E-state index >= 15 is 0 Å². The van der Waals surface area contributed by atoms with Gasteiger partial charge in [0.2, 0.25) is 0 Å². The summed E-state index contributed by atoms with van der Waals surface area (Å²) in [6, 6.07) is 0. The highest BCUT2D eigenvalue weighted by Crippen LogP contribution is 2.24. The standard InChI is InChI=1S/C8H11ClO2/c1-5(10)6-3-2-4-7(9)8(6)11/h6-7H,2-4H2,1H3. The minimum atomic E-state index is -0.419. The monoisotopic (exact) mass is 174 g/mol. The first-order valence-electron chi connectivity index (χ1n) is 3.81. The van der Waals surface area contributed by atoms with Gasteiger partial charge in [-0.25, -0.2) is 0 Å². The Hall–Kier alpha value is -0.370. The van der Waals surface area contributed by atoms with Gasteiger partial charge in [-0.2, -0.15) is 0 Å². The zero-order chi connectivity index (χ0) is 8.43. The quantitative estimate of drug-likeness (QED) is 0.447. The van der Waals surface area contributed by atoms with Crippen molar-refractivity contribution >= 4 is 23.2 Å². The number of halogens is 1. The lowest BCUT2D eigenvalue weighted by Crippen LogP contribution is -2.33. The van der Waals surface area contributed by atoms with E-state index in [9.17, 15) is 9.59 Å². The molecule has 0 radical (unpaired) electrons. The Kier molecular flexibility index (Phi) is 2.66. The average molecular weight is 175 g/mol. The van der Waals surface area contributed by atoms with Crippen molar-refractivity contribution < 1.29 is 9.59 Å². The molecule has 0 aliphatic heterocycles. The van der Waals surface area contributed by atoms with Crippen LogP contribution in [0.5, 0.6) is 0 Å². The third-order valence-corrected chi connectivity index (χ3v) is 2.53. The van der Waals surface area contributed by atoms with Crippen LogP contribution in [-0.2, 0) is 9.59 Å². The largest absolute Gasteiger partial charge is 0.299 e. The number of hydrogen-bond acceptors (Lipinski definition) is 2. The smallest absolute Gasteiger partial charge is 0.161 e. The van der Waals surface area contributed by atoms with Crippen molar-refractivity contribution in [1.82, 2.24) is 0 Å². The molecule has 0 spiro atoms. The first-order valence-corrected chi connectivity index (χ1v) is 4.25. The molecule has 0 amide bonds. The predicted molar refractivity (Wildman–Crippen MR) is 42.7 cm³/mol. The number of rotatable bonds is 1. The van der Waals surface area contributed by atoms with Crippen LogP contribution in [0.2, 0.25) is 0 Å². The molecule has 1 aliphatic rings. The highest BCUT2D eigenvalue weighted by atomic mass is 35.5. The number of ketones is 2. The van der Waals surface area contributed by atoms with Gasteiger partial charge in [0.25, 0.3) is 0 Å². The summed E-state index contributed by atoms with van der Waals surface area (Å²) in [5.41, 5.74) is 0. The fourth-order valence-corrected chi connectivity index (χ4v) is 1.71. The van der Waals surface area contributed by atoms with Gasteiger partial charge in [0.05, 0.1) is 11.3 Å². The highest BCUT2D eigenvalue weighted by Gasteiger charge is 2.32. The molecule has 0 aromatic carbocycles. The molecule has 0 heterocycles. The van der Waals surface area contributed by atoms with E-state index in [1.54, 1.807) is 0 Å². The van der Waals surface area contributed by atoms with Crippen LogP contribution >= 0.6 is 11.6 Å². The summed E-state index contributed by atoms with van der Waals surface area (Å²) in [5.74, 6) is -0.531. The van der Waals surface area contributed by atoms with Gasteiger partial charge in [0, 0.05) is 0 Å². The van der Waals surface area contributed by atoms with Crippen molar-refractivity contribution in [2.24, 2.45) is 5.92 Å². The maximum absolute atomic E-state index is 11.2. The van der Waals surface area contributed by atoms with E-state index < -0.39 is 11.3 Å². The fourth-order valence-electron chi connectivity index (χ4n) is 1.41. The van der Waals surface area contributed by atoms with E-state index in [1.165, 1.54) is 6.92 Å². The van der Waals surface area contributed by atoms with Gasteiger partial charge in [-0.05, 0) is 19.8 Å². The van der Waals surface area contributed by atoms with E-state index in [4.69, 9.17) is 11.6 Å². The van der Waals surface area contributed by atoms with Crippen LogP contribution in [-0.4, -0.2) is 16.9 Å². The van der Waals surface area contributed by atoms with E-state index in [0.29, 0.717) is 6.42 Å². The molecule has 0 aromatic rings. The zero-order valence-electron chi connectivity index (χ0n) is 6.47. The number of carbonyl (C=O) groups excluding carboxylic acids is 2. The van der Waals surface area contributed by atoms with Gasteiger partial charge in [0.15, 0.2) is 5.78 Å². The van der Waals surface area contributed by atoms with Crippen molar-refractivity contribution in [2.45, 2.75) is 31.6 Å². The first kappa shape index (κ1) is 8.72. The van der Waals surface area contributed by atoms with Gasteiger partial charge >= 0.3 is 0 Å². The summed E-state index contributed by atoms with van der Waals surface area (Å²) in [5, 5.41) is -0.419. The zero-order valence-corrected chi connectivity index (χ0v) is 7.23. The lowest BCUT2D eigenvalue weighted by atomic mass is 9.85. The van der Waals surface area contributed by atoms with Crippen molar-refractivity contribution in [3.63, 3.8) is 0 Å². The summed E-state index contributed by atoms with van der Waals surface area (Å²) in [7, 11) is 0. The minimum absolute atomic E-state index is 0.0413. The molecule has 1 fully saturated rings. The van der Waals surface area contributed by atoms with Gasteiger partial charge in [-0.15, -0.1) is 11.6 Å². The number of carbonyl (C=O) groups is 2. The van der Waals surface area contributed by atoms with E-state index in [1.807, 2.05) is 0 Å². The van der Waals surface area contributed by atoms with Crippen LogP contribution in [0.4, 0.5) is 0 Å². The Labute approximate surface area is 70.9 Å². The lowest BCUT2D eigenvalue weighted by molar-refractivity contribution is -0.132. The van der Waals surface area contributed by atoms with Crippen molar-refractivity contribution in [2.75, 3.05) is 0 Å². The minimum Gasteiger partial charge on any atom is -0.299 e. The van der Waals surface area contributed by atoms with Gasteiger partial charge < -0.3 is 0 Å². The summed E-state index contributed by atoms with van der Waals surface area (Å²) in [4.78, 5) is 22.1. The van der Waals surface area contributed by atoms with Gasteiger partial charge in [0.1, 0.15) is 5.78 Å². The second-order valence-electron chi connectivity index (χ2n) is 2.96. The average Bonchev–Trinajstić information content (AvgIpc) is 1.94. The normalized spacial score (nSPS) is 32.0. The highest BCUT2D eigenvalue weighted by molar-refractivity contribution is 6.33. The summed E-state index contributed by atoms with van der Waals surface area (Å²) < 4.78 is 0. The summed E-state index contributed by atoms with van der Waals surface area (Å²) in [6.07, 6.45) is 2.31. The van der Waals surface area contributed by atoms with Crippen LogP contribution in [0.15, 0.2) is 0 Å². The molecular weight excluding hydrogens is 164 g/mol. The van der Waals surface area contributed by atoms with E-state index in [0.717, 1.165) is 12.8 Å². The Morgan fingerprint density at radius 2 is 2.18 bits per heavy atom. The molecule has 2 atom stereocenters. The van der Waals surface area contributed by atoms with Crippen molar-refractivity contribution in [3.8, 4) is 0 Å². The molecule has 3 heteroatoms. The van der Waals surface area contributed by atoms with E-state index in [2.05, 4.69) is 0 Å². The third kappa shape index (κ3) is 1.80. The molecule has 2 unspecified atom stereocenters. The Balaban J connectivity index is 2.66. The topological polar surface area (TPSA) is 34.1 Å². The van der Waals surface area contributed by atoms with Crippen LogP contribution in [0.1, 0.15) is 26.2 Å². The van der Waals surface area contributed by atoms with Crippen LogP contribution < -0.4 is 0 Å². The molecule has 0 bridgehead atoms. The molecule has 0 aromatic heterocycles. The van der Waals surface area contributed by atoms with E-state index in [-0.39, 0.29) is 11.6 Å². The number of alkyl halides is 1.